The van der Waals surface area contributed by atoms with Crippen molar-refractivity contribution in [2.24, 2.45) is 0 Å². The molecule has 0 aliphatic carbocycles. The number of pyridine rings is 1. The van der Waals surface area contributed by atoms with E-state index in [0.717, 1.165) is 21.4 Å². The fourth-order valence-corrected chi connectivity index (χ4v) is 2.46. The van der Waals surface area contributed by atoms with Crippen molar-refractivity contribution in [3.05, 3.63) is 52.4 Å². The van der Waals surface area contributed by atoms with Crippen LogP contribution in [0, 0.1) is 6.92 Å². The monoisotopic (exact) mass is 331 g/mol. The van der Waals surface area contributed by atoms with Gasteiger partial charge in [-0.1, -0.05) is 22.0 Å². The molecule has 3 aromatic rings. The van der Waals surface area contributed by atoms with Gasteiger partial charge in [-0.25, -0.2) is 9.48 Å². The molecule has 5 nitrogen and oxygen atoms in total. The number of aryl methyl sites for hydroxylation is 1. The Morgan fingerprint density at radius 1 is 1.35 bits per heavy atom. The van der Waals surface area contributed by atoms with Gasteiger partial charge >= 0.3 is 5.97 Å². The molecule has 0 radical (unpaired) electrons. The minimum atomic E-state index is -1.06. The Morgan fingerprint density at radius 3 is 2.85 bits per heavy atom. The van der Waals surface area contributed by atoms with Gasteiger partial charge in [0.2, 0.25) is 0 Å². The number of hydrogen-bond donors (Lipinski definition) is 1. The van der Waals surface area contributed by atoms with Gasteiger partial charge in [-0.2, -0.15) is 5.10 Å². The van der Waals surface area contributed by atoms with E-state index >= 15 is 0 Å². The third-order valence-corrected chi connectivity index (χ3v) is 3.45. The number of carboxylic acids is 1. The first-order valence-corrected chi connectivity index (χ1v) is 6.70. The second kappa shape index (κ2) is 4.72. The van der Waals surface area contributed by atoms with Crippen LogP contribution < -0.4 is 0 Å². The maximum absolute atomic E-state index is 11.3. The molecule has 0 bridgehead atoms. The molecule has 0 fully saturated rings. The van der Waals surface area contributed by atoms with Crippen molar-refractivity contribution in [3.63, 3.8) is 0 Å². The first-order valence-electron chi connectivity index (χ1n) is 5.91. The van der Waals surface area contributed by atoms with Crippen molar-refractivity contribution < 1.29 is 9.90 Å². The number of rotatable bonds is 2. The first-order chi connectivity index (χ1) is 9.56. The van der Waals surface area contributed by atoms with Crippen molar-refractivity contribution in [3.8, 4) is 5.69 Å². The van der Waals surface area contributed by atoms with Crippen molar-refractivity contribution in [1.82, 2.24) is 14.8 Å². The summed E-state index contributed by atoms with van der Waals surface area (Å²) in [6.45, 7) is 1.86. The van der Waals surface area contributed by atoms with Crippen LogP contribution in [-0.2, 0) is 0 Å². The van der Waals surface area contributed by atoms with E-state index in [0.29, 0.717) is 5.39 Å². The zero-order valence-corrected chi connectivity index (χ0v) is 12.1. The second-order valence-corrected chi connectivity index (χ2v) is 5.30. The van der Waals surface area contributed by atoms with Gasteiger partial charge in [-0.3, -0.25) is 4.98 Å². The van der Waals surface area contributed by atoms with Gasteiger partial charge in [-0.05, 0) is 31.2 Å². The minimum Gasteiger partial charge on any atom is -0.476 e. The largest absolute Gasteiger partial charge is 0.476 e. The number of aromatic nitrogens is 3. The van der Waals surface area contributed by atoms with E-state index in [9.17, 15) is 9.90 Å². The molecule has 100 valence electrons. The van der Waals surface area contributed by atoms with Crippen LogP contribution in [-0.4, -0.2) is 25.8 Å². The van der Waals surface area contributed by atoms with Crippen molar-refractivity contribution >= 4 is 32.8 Å². The summed E-state index contributed by atoms with van der Waals surface area (Å²) in [6.07, 6.45) is 1.55. The van der Waals surface area contributed by atoms with Gasteiger partial charge in [0.25, 0.3) is 0 Å². The Balaban J connectivity index is 2.35. The molecule has 2 aromatic heterocycles. The average molecular weight is 332 g/mol. The Kier molecular flexibility index (Phi) is 3.02. The van der Waals surface area contributed by atoms with Crippen molar-refractivity contribution in [2.45, 2.75) is 6.92 Å². The molecule has 1 N–H and O–H groups in total. The third kappa shape index (κ3) is 2.08. The van der Waals surface area contributed by atoms with Gasteiger partial charge in [0.15, 0.2) is 5.69 Å². The molecule has 3 rings (SSSR count). The summed E-state index contributed by atoms with van der Waals surface area (Å²) >= 11 is 3.40. The summed E-state index contributed by atoms with van der Waals surface area (Å²) in [5.41, 5.74) is 2.34. The lowest BCUT2D eigenvalue weighted by atomic mass is 10.2. The molecular weight excluding hydrogens is 322 g/mol. The fourth-order valence-electron chi connectivity index (χ4n) is 2.07. The molecule has 20 heavy (non-hydrogen) atoms. The smallest absolute Gasteiger partial charge is 0.357 e. The normalized spacial score (nSPS) is 10.9. The summed E-state index contributed by atoms with van der Waals surface area (Å²) in [4.78, 5) is 15.4. The quantitative estimate of drug-likeness (QED) is 0.783. The average Bonchev–Trinajstić information content (AvgIpc) is 2.77. The first kappa shape index (κ1) is 12.8. The van der Waals surface area contributed by atoms with Gasteiger partial charge in [0.05, 0.1) is 16.6 Å². The zero-order chi connectivity index (χ0) is 14.3. The number of fused-ring (bicyclic) bond motifs is 1. The molecule has 0 aliphatic rings. The highest BCUT2D eigenvalue weighted by Gasteiger charge is 2.17. The van der Waals surface area contributed by atoms with Crippen LogP contribution in [0.3, 0.4) is 0 Å². The van der Waals surface area contributed by atoms with Crippen LogP contribution in [0.15, 0.2) is 41.0 Å². The number of aromatic carboxylic acids is 1. The third-order valence-electron chi connectivity index (χ3n) is 2.96. The van der Waals surface area contributed by atoms with Gasteiger partial charge in [0, 0.05) is 16.4 Å². The summed E-state index contributed by atoms with van der Waals surface area (Å²) in [6, 6.07) is 9.36. The summed E-state index contributed by atoms with van der Waals surface area (Å²) in [7, 11) is 0. The molecule has 6 heteroatoms. The van der Waals surface area contributed by atoms with E-state index in [1.54, 1.807) is 10.9 Å². The fraction of sp³-hybridized carbons (Fsp3) is 0.0714. The van der Waals surface area contributed by atoms with Crippen molar-refractivity contribution in [2.75, 3.05) is 0 Å². The highest BCUT2D eigenvalue weighted by molar-refractivity contribution is 9.10. The predicted octanol–water partition coefficient (Wildman–Crippen LogP) is 3.19. The van der Waals surface area contributed by atoms with Crippen LogP contribution in [0.5, 0.6) is 0 Å². The summed E-state index contributed by atoms with van der Waals surface area (Å²) in [5, 5.41) is 14.0. The molecular formula is C14H10BrN3O2. The van der Waals surface area contributed by atoms with Crippen LogP contribution in [0.25, 0.3) is 16.6 Å². The van der Waals surface area contributed by atoms with E-state index in [1.807, 2.05) is 37.3 Å². The van der Waals surface area contributed by atoms with E-state index < -0.39 is 5.97 Å². The molecule has 0 spiro atoms. The predicted molar refractivity (Wildman–Crippen MR) is 78.3 cm³/mol. The highest BCUT2D eigenvalue weighted by atomic mass is 79.9. The molecule has 0 saturated carbocycles. The molecule has 0 unspecified atom stereocenters. The highest BCUT2D eigenvalue weighted by Crippen LogP contribution is 2.23. The number of benzene rings is 1. The molecule has 0 saturated heterocycles. The Morgan fingerprint density at radius 2 is 2.15 bits per heavy atom. The number of carboxylic acid groups (broad SMARTS) is 1. The SMILES string of the molecule is Cc1cc2c(cn1)c(C(=O)O)nn2-c1cccc(Br)c1. The number of halogens is 1. The minimum absolute atomic E-state index is 0.00692. The Bertz CT molecular complexity index is 826. The van der Waals surface area contributed by atoms with Crippen molar-refractivity contribution in [1.29, 1.82) is 0 Å². The van der Waals surface area contributed by atoms with Gasteiger partial charge < -0.3 is 5.11 Å². The van der Waals surface area contributed by atoms with Crippen LogP contribution >= 0.6 is 15.9 Å². The second-order valence-electron chi connectivity index (χ2n) is 4.39. The Labute approximate surface area is 123 Å². The lowest BCUT2D eigenvalue weighted by Crippen LogP contribution is -2.01. The maximum atomic E-state index is 11.3. The summed E-state index contributed by atoms with van der Waals surface area (Å²) in [5.74, 6) is -1.06. The van der Waals surface area contributed by atoms with Crippen LogP contribution in [0.2, 0.25) is 0 Å². The lowest BCUT2D eigenvalue weighted by Gasteiger charge is -2.04. The van der Waals surface area contributed by atoms with E-state index in [1.165, 1.54) is 0 Å². The maximum Gasteiger partial charge on any atom is 0.357 e. The van der Waals surface area contributed by atoms with E-state index in [4.69, 9.17) is 0 Å². The summed E-state index contributed by atoms with van der Waals surface area (Å²) < 4.78 is 2.53. The van der Waals surface area contributed by atoms with Crippen LogP contribution in [0.1, 0.15) is 16.2 Å². The lowest BCUT2D eigenvalue weighted by molar-refractivity contribution is 0.0692. The zero-order valence-electron chi connectivity index (χ0n) is 10.5. The van der Waals surface area contributed by atoms with E-state index in [-0.39, 0.29) is 5.69 Å². The topological polar surface area (TPSA) is 68.0 Å². The molecule has 0 atom stereocenters. The van der Waals surface area contributed by atoms with Crippen LogP contribution in [0.4, 0.5) is 0 Å². The van der Waals surface area contributed by atoms with E-state index in [2.05, 4.69) is 26.0 Å². The standard InChI is InChI=1S/C14H10BrN3O2/c1-8-5-12-11(7-16-8)13(14(19)20)17-18(12)10-4-2-3-9(15)6-10/h2-7H,1H3,(H,19,20). The molecule has 2 heterocycles. The van der Waals surface area contributed by atoms with Gasteiger partial charge in [-0.15, -0.1) is 0 Å². The number of carbonyl (C=O) groups is 1. The number of nitrogens with zero attached hydrogens (tertiary/aromatic N) is 3. The molecule has 0 aliphatic heterocycles. The molecule has 0 amide bonds. The number of hydrogen-bond acceptors (Lipinski definition) is 3. The Hall–Kier alpha value is -2.21. The van der Waals surface area contributed by atoms with Gasteiger partial charge in [0.1, 0.15) is 0 Å². The molecule has 1 aromatic carbocycles.